The molecule has 21 heavy (non-hydrogen) atoms. The van der Waals surface area contributed by atoms with Crippen LogP contribution in [0.3, 0.4) is 0 Å². The molecule has 0 bridgehead atoms. The van der Waals surface area contributed by atoms with Gasteiger partial charge in [-0.3, -0.25) is 5.41 Å². The second-order valence-electron chi connectivity index (χ2n) is 7.17. The molecule has 0 spiro atoms. The van der Waals surface area contributed by atoms with Gasteiger partial charge in [-0.05, 0) is 53.2 Å². The lowest BCUT2D eigenvalue weighted by Crippen LogP contribution is -2.57. The summed E-state index contributed by atoms with van der Waals surface area (Å²) in [5, 5.41) is 7.88. The van der Waals surface area contributed by atoms with Gasteiger partial charge in [-0.15, -0.1) is 0 Å². The molecule has 2 rings (SSSR count). The van der Waals surface area contributed by atoms with Crippen LogP contribution in [0.1, 0.15) is 44.5 Å². The first-order chi connectivity index (χ1) is 9.51. The van der Waals surface area contributed by atoms with E-state index in [1.54, 1.807) is 0 Å². The van der Waals surface area contributed by atoms with E-state index in [9.17, 15) is 0 Å². The van der Waals surface area contributed by atoms with E-state index in [1.165, 1.54) is 0 Å². The second kappa shape index (κ2) is 4.98. The van der Waals surface area contributed by atoms with Crippen LogP contribution in [-0.2, 0) is 4.74 Å². The van der Waals surface area contributed by atoms with Crippen molar-refractivity contribution < 1.29 is 4.74 Å². The van der Waals surface area contributed by atoms with Gasteiger partial charge in [0.05, 0.1) is 16.8 Å². The molecule has 1 aliphatic heterocycles. The number of nitrogens with zero attached hydrogens (tertiary/aromatic N) is 2. The number of morpholine rings is 1. The van der Waals surface area contributed by atoms with Crippen molar-refractivity contribution in [1.29, 1.82) is 5.41 Å². The third-order valence-corrected chi connectivity index (χ3v) is 3.59. The number of hydrogen-bond acceptors (Lipinski definition) is 4. The van der Waals surface area contributed by atoms with E-state index in [1.807, 2.05) is 19.9 Å². The summed E-state index contributed by atoms with van der Waals surface area (Å²) in [6, 6.07) is 1.97. The van der Waals surface area contributed by atoms with Crippen molar-refractivity contribution in [2.24, 2.45) is 5.73 Å². The number of nitrogen functional groups attached to an aromatic ring is 1. The van der Waals surface area contributed by atoms with Crippen LogP contribution < -0.4 is 10.6 Å². The summed E-state index contributed by atoms with van der Waals surface area (Å²) in [5.41, 5.74) is 7.92. The standard InChI is InChI=1S/C16H26N4O/c1-10-7-11(2)19-14(12(10)13(17)18)20-8-15(3,4)21-16(5,6)9-20/h7H,8-9H2,1-6H3,(H3,17,18). The Balaban J connectivity index is 2.53. The van der Waals surface area contributed by atoms with Crippen molar-refractivity contribution >= 4 is 11.7 Å². The van der Waals surface area contributed by atoms with Gasteiger partial charge in [-0.2, -0.15) is 0 Å². The lowest BCUT2D eigenvalue weighted by molar-refractivity contribution is -0.133. The van der Waals surface area contributed by atoms with Crippen LogP contribution in [0.25, 0.3) is 0 Å². The van der Waals surface area contributed by atoms with Gasteiger partial charge in [0.15, 0.2) is 0 Å². The Morgan fingerprint density at radius 1 is 1.24 bits per heavy atom. The van der Waals surface area contributed by atoms with E-state index in [-0.39, 0.29) is 17.0 Å². The third-order valence-electron chi connectivity index (χ3n) is 3.59. The van der Waals surface area contributed by atoms with Gasteiger partial charge in [0.25, 0.3) is 0 Å². The molecule has 0 radical (unpaired) electrons. The van der Waals surface area contributed by atoms with Crippen LogP contribution in [-0.4, -0.2) is 35.1 Å². The van der Waals surface area contributed by atoms with Gasteiger partial charge in [0.1, 0.15) is 11.7 Å². The highest BCUT2D eigenvalue weighted by Crippen LogP contribution is 2.33. The molecule has 1 saturated heterocycles. The molecule has 1 fully saturated rings. The number of nitrogens with two attached hydrogens (primary N) is 1. The molecule has 0 atom stereocenters. The summed E-state index contributed by atoms with van der Waals surface area (Å²) in [6.07, 6.45) is 0. The Morgan fingerprint density at radius 2 is 1.76 bits per heavy atom. The number of hydrogen-bond donors (Lipinski definition) is 2. The molecule has 1 aromatic heterocycles. The van der Waals surface area contributed by atoms with Crippen molar-refractivity contribution in [3.05, 3.63) is 22.9 Å². The number of aryl methyl sites for hydroxylation is 2. The number of amidine groups is 1. The average Bonchev–Trinajstić information content (AvgIpc) is 2.22. The Labute approximate surface area is 127 Å². The van der Waals surface area contributed by atoms with E-state index >= 15 is 0 Å². The topological polar surface area (TPSA) is 75.2 Å². The fraction of sp³-hybridized carbons (Fsp3) is 0.625. The first-order valence-electron chi connectivity index (χ1n) is 7.28. The zero-order valence-electron chi connectivity index (χ0n) is 13.9. The Bertz CT molecular complexity index is 562. The number of ether oxygens (including phenoxy) is 1. The highest BCUT2D eigenvalue weighted by Gasteiger charge is 2.39. The zero-order valence-corrected chi connectivity index (χ0v) is 13.9. The molecule has 1 aliphatic rings. The van der Waals surface area contributed by atoms with Crippen molar-refractivity contribution in [2.45, 2.75) is 52.7 Å². The van der Waals surface area contributed by atoms with Crippen LogP contribution >= 0.6 is 0 Å². The van der Waals surface area contributed by atoms with E-state index in [0.29, 0.717) is 0 Å². The average molecular weight is 290 g/mol. The molecule has 0 aromatic carbocycles. The predicted molar refractivity (Wildman–Crippen MR) is 86.2 cm³/mol. The highest BCUT2D eigenvalue weighted by molar-refractivity contribution is 6.01. The third kappa shape index (κ3) is 3.35. The Kier molecular flexibility index (Phi) is 3.74. The monoisotopic (exact) mass is 290 g/mol. The van der Waals surface area contributed by atoms with Crippen LogP contribution in [0.15, 0.2) is 6.07 Å². The number of pyridine rings is 1. The smallest absolute Gasteiger partial charge is 0.140 e. The van der Waals surface area contributed by atoms with Crippen molar-refractivity contribution in [3.8, 4) is 0 Å². The van der Waals surface area contributed by atoms with Crippen LogP contribution in [0.2, 0.25) is 0 Å². The SMILES string of the molecule is Cc1cc(C)c(C(=N)N)c(N2CC(C)(C)OC(C)(C)C2)n1. The molecule has 2 heterocycles. The molecule has 5 nitrogen and oxygen atoms in total. The fourth-order valence-corrected chi connectivity index (χ4v) is 3.32. The lowest BCUT2D eigenvalue weighted by atomic mass is 9.97. The van der Waals surface area contributed by atoms with E-state index in [2.05, 4.69) is 37.6 Å². The molecule has 0 aliphatic carbocycles. The minimum Gasteiger partial charge on any atom is -0.384 e. The summed E-state index contributed by atoms with van der Waals surface area (Å²) in [6.45, 7) is 13.7. The Hall–Kier alpha value is -1.62. The van der Waals surface area contributed by atoms with Gasteiger partial charge >= 0.3 is 0 Å². The quantitative estimate of drug-likeness (QED) is 0.648. The van der Waals surface area contributed by atoms with Gasteiger partial charge in [-0.25, -0.2) is 4.98 Å². The summed E-state index contributed by atoms with van der Waals surface area (Å²) < 4.78 is 6.12. The normalized spacial score (nSPS) is 20.4. The van der Waals surface area contributed by atoms with Crippen molar-refractivity contribution in [2.75, 3.05) is 18.0 Å². The van der Waals surface area contributed by atoms with Gasteiger partial charge in [-0.1, -0.05) is 0 Å². The number of nitrogens with one attached hydrogen (secondary N) is 1. The van der Waals surface area contributed by atoms with Crippen LogP contribution in [0.4, 0.5) is 5.82 Å². The molecule has 0 unspecified atom stereocenters. The largest absolute Gasteiger partial charge is 0.384 e. The molecular formula is C16H26N4O. The zero-order chi connectivity index (χ0) is 16.0. The Morgan fingerprint density at radius 3 is 2.24 bits per heavy atom. The van der Waals surface area contributed by atoms with E-state index in [0.717, 1.165) is 35.7 Å². The predicted octanol–water partition coefficient (Wildman–Crippen LogP) is 2.38. The van der Waals surface area contributed by atoms with E-state index in [4.69, 9.17) is 15.9 Å². The minimum absolute atomic E-state index is 0.0668. The molecule has 1 aromatic rings. The summed E-state index contributed by atoms with van der Waals surface area (Å²) in [7, 11) is 0. The maximum atomic E-state index is 7.88. The highest BCUT2D eigenvalue weighted by atomic mass is 16.5. The van der Waals surface area contributed by atoms with Crippen LogP contribution in [0, 0.1) is 19.3 Å². The van der Waals surface area contributed by atoms with Gasteiger partial charge in [0.2, 0.25) is 0 Å². The fourth-order valence-electron chi connectivity index (χ4n) is 3.32. The number of anilines is 1. The summed E-state index contributed by atoms with van der Waals surface area (Å²) in [5.74, 6) is 0.863. The van der Waals surface area contributed by atoms with Gasteiger partial charge in [0, 0.05) is 18.8 Å². The minimum atomic E-state index is -0.269. The molecule has 0 saturated carbocycles. The van der Waals surface area contributed by atoms with Crippen molar-refractivity contribution in [3.63, 3.8) is 0 Å². The summed E-state index contributed by atoms with van der Waals surface area (Å²) in [4.78, 5) is 6.85. The first-order valence-corrected chi connectivity index (χ1v) is 7.28. The maximum Gasteiger partial charge on any atom is 0.140 e. The first kappa shape index (κ1) is 15.8. The second-order valence-corrected chi connectivity index (χ2v) is 7.17. The molecule has 116 valence electrons. The molecule has 0 amide bonds. The maximum absolute atomic E-state index is 7.88. The number of rotatable bonds is 2. The molecule has 5 heteroatoms. The molecular weight excluding hydrogens is 264 g/mol. The van der Waals surface area contributed by atoms with Crippen LogP contribution in [0.5, 0.6) is 0 Å². The van der Waals surface area contributed by atoms with E-state index < -0.39 is 0 Å². The number of aromatic nitrogens is 1. The lowest BCUT2D eigenvalue weighted by Gasteiger charge is -2.48. The van der Waals surface area contributed by atoms with Gasteiger partial charge < -0.3 is 15.4 Å². The van der Waals surface area contributed by atoms with Crippen molar-refractivity contribution in [1.82, 2.24) is 4.98 Å². The summed E-state index contributed by atoms with van der Waals surface area (Å²) >= 11 is 0. The molecule has 3 N–H and O–H groups in total.